The van der Waals surface area contributed by atoms with Crippen LogP contribution < -0.4 is 9.62 Å². The van der Waals surface area contributed by atoms with E-state index in [1.807, 2.05) is 0 Å². The number of carboxylic acids is 1. The molecule has 0 aromatic heterocycles. The molecular weight excluding hydrogens is 296 g/mol. The minimum Gasteiger partial charge on any atom is -0.481 e. The van der Waals surface area contributed by atoms with Gasteiger partial charge in [0.05, 0.1) is 18.4 Å². The van der Waals surface area contributed by atoms with E-state index in [9.17, 15) is 18.0 Å². The Balaban J connectivity index is 2.12. The molecule has 21 heavy (non-hydrogen) atoms. The van der Waals surface area contributed by atoms with E-state index in [1.165, 1.54) is 4.31 Å². The van der Waals surface area contributed by atoms with Gasteiger partial charge in [0.1, 0.15) is 0 Å². The number of benzene rings is 1. The van der Waals surface area contributed by atoms with Crippen molar-refractivity contribution in [1.82, 2.24) is 5.32 Å². The van der Waals surface area contributed by atoms with Crippen molar-refractivity contribution >= 4 is 27.6 Å². The zero-order valence-corrected chi connectivity index (χ0v) is 12.3. The van der Waals surface area contributed by atoms with Gasteiger partial charge in [0.2, 0.25) is 10.0 Å². The van der Waals surface area contributed by atoms with E-state index in [2.05, 4.69) is 5.32 Å². The van der Waals surface area contributed by atoms with Gasteiger partial charge in [-0.2, -0.15) is 0 Å². The Morgan fingerprint density at radius 1 is 1.38 bits per heavy atom. The maximum Gasteiger partial charge on any atom is 0.305 e. The molecule has 0 unspecified atom stereocenters. The van der Waals surface area contributed by atoms with Crippen molar-refractivity contribution < 1.29 is 23.1 Å². The Hall–Kier alpha value is -2.09. The summed E-state index contributed by atoms with van der Waals surface area (Å²) in [6, 6.07) is 4.80. The van der Waals surface area contributed by atoms with Gasteiger partial charge >= 0.3 is 5.97 Å². The van der Waals surface area contributed by atoms with E-state index in [-0.39, 0.29) is 18.9 Å². The van der Waals surface area contributed by atoms with Gasteiger partial charge in [-0.25, -0.2) is 8.42 Å². The quantitative estimate of drug-likeness (QED) is 0.809. The second-order valence-corrected chi connectivity index (χ2v) is 6.74. The topological polar surface area (TPSA) is 104 Å². The third-order valence-corrected chi connectivity index (χ3v) is 4.40. The molecule has 114 valence electrons. The van der Waals surface area contributed by atoms with E-state index >= 15 is 0 Å². The molecule has 0 aliphatic carbocycles. The van der Waals surface area contributed by atoms with Crippen LogP contribution >= 0.6 is 0 Å². The van der Waals surface area contributed by atoms with Crippen LogP contribution in [0.2, 0.25) is 0 Å². The van der Waals surface area contributed by atoms with Gasteiger partial charge in [0.15, 0.2) is 0 Å². The lowest BCUT2D eigenvalue weighted by molar-refractivity contribution is -0.136. The molecule has 0 bridgehead atoms. The predicted octanol–water partition coefficient (Wildman–Crippen LogP) is 0.213. The number of nitrogens with zero attached hydrogens (tertiary/aromatic N) is 1. The molecular formula is C13H16N2O5S. The zero-order valence-electron chi connectivity index (χ0n) is 11.5. The standard InChI is InChI=1S/C13H16N2O5S/c1-21(19,20)15-7-5-9-8-10(2-3-11(9)15)13(18)14-6-4-12(16)17/h2-3,8H,4-7H2,1H3,(H,14,18)(H,16,17). The number of aliphatic carboxylic acids is 1. The van der Waals surface area contributed by atoms with Gasteiger partial charge in [-0.15, -0.1) is 0 Å². The summed E-state index contributed by atoms with van der Waals surface area (Å²) in [5.74, 6) is -1.34. The summed E-state index contributed by atoms with van der Waals surface area (Å²) < 4.78 is 24.5. The lowest BCUT2D eigenvalue weighted by atomic mass is 10.1. The molecule has 8 heteroatoms. The third-order valence-electron chi connectivity index (χ3n) is 3.22. The largest absolute Gasteiger partial charge is 0.481 e. The molecule has 1 aliphatic heterocycles. The Bertz CT molecular complexity index is 684. The average Bonchev–Trinajstić information content (AvgIpc) is 2.80. The van der Waals surface area contributed by atoms with Crippen LogP contribution in [0.25, 0.3) is 0 Å². The molecule has 2 N–H and O–H groups in total. The molecule has 0 spiro atoms. The first kappa shape index (κ1) is 15.3. The molecule has 1 amide bonds. The van der Waals surface area contributed by atoms with Crippen LogP contribution in [0.5, 0.6) is 0 Å². The number of rotatable bonds is 5. The molecule has 7 nitrogen and oxygen atoms in total. The number of fused-ring (bicyclic) bond motifs is 1. The van der Waals surface area contributed by atoms with Crippen molar-refractivity contribution in [3.8, 4) is 0 Å². The Labute approximate surface area is 122 Å². The summed E-state index contributed by atoms with van der Waals surface area (Å²) in [6.45, 7) is 0.430. The number of amides is 1. The molecule has 0 saturated heterocycles. The maximum atomic E-state index is 11.9. The number of hydrogen-bond donors (Lipinski definition) is 2. The summed E-state index contributed by atoms with van der Waals surface area (Å²) >= 11 is 0. The first-order chi connectivity index (χ1) is 9.79. The Kier molecular flexibility index (Phi) is 4.17. The highest BCUT2D eigenvalue weighted by Gasteiger charge is 2.26. The normalized spacial score (nSPS) is 13.9. The van der Waals surface area contributed by atoms with Gasteiger partial charge in [-0.05, 0) is 30.2 Å². The van der Waals surface area contributed by atoms with E-state index in [1.54, 1.807) is 18.2 Å². The van der Waals surface area contributed by atoms with Crippen LogP contribution in [-0.4, -0.2) is 44.7 Å². The summed E-state index contributed by atoms with van der Waals surface area (Å²) in [6.07, 6.45) is 1.56. The van der Waals surface area contributed by atoms with Crippen molar-refractivity contribution in [1.29, 1.82) is 0 Å². The van der Waals surface area contributed by atoms with E-state index in [0.29, 0.717) is 24.2 Å². The fraction of sp³-hybridized carbons (Fsp3) is 0.385. The van der Waals surface area contributed by atoms with Crippen LogP contribution in [-0.2, 0) is 21.2 Å². The lowest BCUT2D eigenvalue weighted by Crippen LogP contribution is -2.27. The Morgan fingerprint density at radius 3 is 2.71 bits per heavy atom. The molecule has 2 rings (SSSR count). The van der Waals surface area contributed by atoms with Gasteiger partial charge < -0.3 is 10.4 Å². The van der Waals surface area contributed by atoms with Crippen LogP contribution in [0.1, 0.15) is 22.3 Å². The fourth-order valence-electron chi connectivity index (χ4n) is 2.24. The minimum atomic E-state index is -3.31. The highest BCUT2D eigenvalue weighted by atomic mass is 32.2. The van der Waals surface area contributed by atoms with Crippen molar-refractivity contribution in [3.63, 3.8) is 0 Å². The highest BCUT2D eigenvalue weighted by molar-refractivity contribution is 7.92. The second kappa shape index (κ2) is 5.72. The fourth-order valence-corrected chi connectivity index (χ4v) is 3.20. The van der Waals surface area contributed by atoms with Gasteiger partial charge in [0.25, 0.3) is 5.91 Å². The number of hydrogen-bond acceptors (Lipinski definition) is 4. The van der Waals surface area contributed by atoms with Gasteiger partial charge in [-0.3, -0.25) is 13.9 Å². The third kappa shape index (κ3) is 3.52. The summed E-state index contributed by atoms with van der Waals surface area (Å²) in [4.78, 5) is 22.3. The predicted molar refractivity (Wildman–Crippen MR) is 76.9 cm³/mol. The first-order valence-electron chi connectivity index (χ1n) is 6.39. The first-order valence-corrected chi connectivity index (χ1v) is 8.24. The van der Waals surface area contributed by atoms with Crippen LogP contribution in [0.3, 0.4) is 0 Å². The number of anilines is 1. The smallest absolute Gasteiger partial charge is 0.305 e. The van der Waals surface area contributed by atoms with Crippen molar-refractivity contribution in [2.24, 2.45) is 0 Å². The lowest BCUT2D eigenvalue weighted by Gasteiger charge is -2.16. The number of carbonyl (C=O) groups is 2. The molecule has 0 saturated carbocycles. The molecule has 1 aliphatic rings. The van der Waals surface area contributed by atoms with Gasteiger partial charge in [-0.1, -0.05) is 0 Å². The number of nitrogens with one attached hydrogen (secondary N) is 1. The van der Waals surface area contributed by atoms with E-state index in [4.69, 9.17) is 5.11 Å². The SMILES string of the molecule is CS(=O)(=O)N1CCc2cc(C(=O)NCCC(=O)O)ccc21. The minimum absolute atomic E-state index is 0.0563. The van der Waals surface area contributed by atoms with E-state index < -0.39 is 16.0 Å². The molecule has 1 aromatic rings. The van der Waals surface area contributed by atoms with Crippen molar-refractivity contribution in [2.45, 2.75) is 12.8 Å². The molecule has 0 fully saturated rings. The number of sulfonamides is 1. The zero-order chi connectivity index (χ0) is 15.6. The van der Waals surface area contributed by atoms with Crippen LogP contribution in [0.4, 0.5) is 5.69 Å². The molecule has 1 heterocycles. The van der Waals surface area contributed by atoms with Crippen LogP contribution in [0.15, 0.2) is 18.2 Å². The summed E-state index contributed by atoms with van der Waals surface area (Å²) in [7, 11) is -3.31. The molecule has 0 atom stereocenters. The van der Waals surface area contributed by atoms with Crippen molar-refractivity contribution in [2.75, 3.05) is 23.7 Å². The van der Waals surface area contributed by atoms with Gasteiger partial charge in [0, 0.05) is 18.7 Å². The average molecular weight is 312 g/mol. The Morgan fingerprint density at radius 2 is 2.10 bits per heavy atom. The summed E-state index contributed by atoms with van der Waals surface area (Å²) in [5.41, 5.74) is 1.79. The molecule has 1 aromatic carbocycles. The van der Waals surface area contributed by atoms with Crippen molar-refractivity contribution in [3.05, 3.63) is 29.3 Å². The summed E-state index contributed by atoms with van der Waals surface area (Å²) in [5, 5.41) is 11.0. The maximum absolute atomic E-state index is 11.9. The van der Waals surface area contributed by atoms with Crippen LogP contribution in [0, 0.1) is 0 Å². The highest BCUT2D eigenvalue weighted by Crippen LogP contribution is 2.30. The molecule has 0 radical (unpaired) electrons. The number of carboxylic acid groups (broad SMARTS) is 1. The monoisotopic (exact) mass is 312 g/mol. The second-order valence-electron chi connectivity index (χ2n) is 4.83. The van der Waals surface area contributed by atoms with E-state index in [0.717, 1.165) is 11.8 Å². The number of carbonyl (C=O) groups excluding carboxylic acids is 1.